The first kappa shape index (κ1) is 13.6. The average molecular weight is 298 g/mol. The molecule has 0 radical (unpaired) electrons. The van der Waals surface area contributed by atoms with Gasteiger partial charge >= 0.3 is 5.97 Å². The fourth-order valence-electron chi connectivity index (χ4n) is 1.65. The molecule has 19 heavy (non-hydrogen) atoms. The van der Waals surface area contributed by atoms with Gasteiger partial charge in [-0.25, -0.2) is 4.79 Å². The lowest BCUT2D eigenvalue weighted by Crippen LogP contribution is -2.04. The summed E-state index contributed by atoms with van der Waals surface area (Å²) >= 11 is 11.8. The second-order valence-corrected chi connectivity index (χ2v) is 4.52. The van der Waals surface area contributed by atoms with Crippen LogP contribution in [0.2, 0.25) is 10.0 Å². The summed E-state index contributed by atoms with van der Waals surface area (Å²) in [5.74, 6) is -0.906. The van der Waals surface area contributed by atoms with Crippen molar-refractivity contribution in [2.75, 3.05) is 7.11 Å². The molecule has 6 heteroatoms. The second-order valence-electron chi connectivity index (χ2n) is 3.70. The lowest BCUT2D eigenvalue weighted by atomic mass is 10.0. The summed E-state index contributed by atoms with van der Waals surface area (Å²) in [4.78, 5) is 15.6. The predicted molar refractivity (Wildman–Crippen MR) is 72.7 cm³/mol. The van der Waals surface area contributed by atoms with E-state index in [9.17, 15) is 9.90 Å². The zero-order chi connectivity index (χ0) is 14.0. The van der Waals surface area contributed by atoms with E-state index in [1.165, 1.54) is 19.5 Å². The Balaban J connectivity index is 2.65. The molecule has 1 heterocycles. The molecule has 2 rings (SSSR count). The molecular weight excluding hydrogens is 289 g/mol. The number of hydrogen-bond donors (Lipinski definition) is 1. The summed E-state index contributed by atoms with van der Waals surface area (Å²) < 4.78 is 4.65. The Bertz CT molecular complexity index is 644. The van der Waals surface area contributed by atoms with Gasteiger partial charge in [0, 0.05) is 11.8 Å². The van der Waals surface area contributed by atoms with Crippen LogP contribution in [0.15, 0.2) is 30.6 Å². The van der Waals surface area contributed by atoms with Crippen LogP contribution < -0.4 is 0 Å². The number of aromatic hydroxyl groups is 1. The van der Waals surface area contributed by atoms with Crippen molar-refractivity contribution in [3.63, 3.8) is 0 Å². The third-order valence-electron chi connectivity index (χ3n) is 2.55. The number of methoxy groups -OCH3 is 1. The Labute approximate surface area is 119 Å². The van der Waals surface area contributed by atoms with Crippen LogP contribution in [-0.4, -0.2) is 23.2 Å². The van der Waals surface area contributed by atoms with E-state index in [0.29, 0.717) is 21.2 Å². The van der Waals surface area contributed by atoms with Gasteiger partial charge in [-0.3, -0.25) is 4.98 Å². The summed E-state index contributed by atoms with van der Waals surface area (Å²) in [6.45, 7) is 0. The minimum Gasteiger partial charge on any atom is -0.505 e. The zero-order valence-electron chi connectivity index (χ0n) is 9.85. The highest BCUT2D eigenvalue weighted by molar-refractivity contribution is 6.42. The lowest BCUT2D eigenvalue weighted by Gasteiger charge is -2.09. The Kier molecular flexibility index (Phi) is 3.93. The van der Waals surface area contributed by atoms with Crippen molar-refractivity contribution in [3.8, 4) is 16.9 Å². The number of carbonyl (C=O) groups excluding carboxylic acids is 1. The molecule has 0 aliphatic rings. The molecule has 0 atom stereocenters. The van der Waals surface area contributed by atoms with Crippen LogP contribution in [0.4, 0.5) is 0 Å². The maximum atomic E-state index is 11.7. The average Bonchev–Trinajstić information content (AvgIpc) is 2.41. The number of esters is 1. The van der Waals surface area contributed by atoms with E-state index in [-0.39, 0.29) is 11.3 Å². The highest BCUT2D eigenvalue weighted by Gasteiger charge is 2.19. The molecular formula is C13H9Cl2NO3. The quantitative estimate of drug-likeness (QED) is 0.861. The lowest BCUT2D eigenvalue weighted by molar-refractivity contribution is 0.0598. The molecule has 0 saturated carbocycles. The molecule has 0 aliphatic carbocycles. The minimum atomic E-state index is -0.652. The van der Waals surface area contributed by atoms with E-state index in [4.69, 9.17) is 23.2 Å². The topological polar surface area (TPSA) is 59.4 Å². The van der Waals surface area contributed by atoms with Crippen LogP contribution in [0.3, 0.4) is 0 Å². The number of rotatable bonds is 2. The molecule has 1 aromatic carbocycles. The molecule has 4 nitrogen and oxygen atoms in total. The minimum absolute atomic E-state index is 0.0379. The van der Waals surface area contributed by atoms with Gasteiger partial charge in [0.05, 0.1) is 23.4 Å². The van der Waals surface area contributed by atoms with Crippen molar-refractivity contribution in [2.24, 2.45) is 0 Å². The summed E-state index contributed by atoms with van der Waals surface area (Å²) in [5, 5.41) is 10.5. The first-order chi connectivity index (χ1) is 9.04. The van der Waals surface area contributed by atoms with Crippen molar-refractivity contribution in [3.05, 3.63) is 46.2 Å². The predicted octanol–water partition coefficient (Wildman–Crippen LogP) is 3.55. The van der Waals surface area contributed by atoms with E-state index in [0.717, 1.165) is 0 Å². The fraction of sp³-hybridized carbons (Fsp3) is 0.0769. The summed E-state index contributed by atoms with van der Waals surface area (Å²) in [5.41, 5.74) is 1.07. The van der Waals surface area contributed by atoms with Crippen molar-refractivity contribution >= 4 is 29.2 Å². The molecule has 98 valence electrons. The van der Waals surface area contributed by atoms with Gasteiger partial charge in [-0.15, -0.1) is 0 Å². The van der Waals surface area contributed by atoms with Crippen LogP contribution in [0.5, 0.6) is 5.75 Å². The number of halogens is 2. The summed E-state index contributed by atoms with van der Waals surface area (Å²) in [6, 6.07) is 4.87. The van der Waals surface area contributed by atoms with Crippen LogP contribution in [0, 0.1) is 0 Å². The highest BCUT2D eigenvalue weighted by Crippen LogP contribution is 2.33. The molecule has 0 saturated heterocycles. The van der Waals surface area contributed by atoms with Gasteiger partial charge in [0.15, 0.2) is 0 Å². The number of pyridine rings is 1. The third-order valence-corrected chi connectivity index (χ3v) is 3.29. The monoisotopic (exact) mass is 297 g/mol. The van der Waals surface area contributed by atoms with E-state index >= 15 is 0 Å². The molecule has 0 amide bonds. The Morgan fingerprint density at radius 3 is 2.63 bits per heavy atom. The Morgan fingerprint density at radius 1 is 1.26 bits per heavy atom. The van der Waals surface area contributed by atoms with Crippen LogP contribution in [0.1, 0.15) is 10.4 Å². The molecule has 0 unspecified atom stereocenters. The zero-order valence-corrected chi connectivity index (χ0v) is 11.4. The fourth-order valence-corrected chi connectivity index (χ4v) is 1.95. The maximum Gasteiger partial charge on any atom is 0.342 e. The van der Waals surface area contributed by atoms with Crippen molar-refractivity contribution in [2.45, 2.75) is 0 Å². The van der Waals surface area contributed by atoms with Crippen LogP contribution in [-0.2, 0) is 4.74 Å². The van der Waals surface area contributed by atoms with Gasteiger partial charge in [-0.05, 0) is 17.7 Å². The molecule has 0 fully saturated rings. The Morgan fingerprint density at radius 2 is 2.00 bits per heavy atom. The number of aromatic nitrogens is 1. The van der Waals surface area contributed by atoms with Gasteiger partial charge < -0.3 is 9.84 Å². The van der Waals surface area contributed by atoms with Gasteiger partial charge in [-0.2, -0.15) is 0 Å². The molecule has 0 aliphatic heterocycles. The number of benzene rings is 1. The first-order valence-corrected chi connectivity index (χ1v) is 6.01. The highest BCUT2D eigenvalue weighted by atomic mass is 35.5. The number of ether oxygens (including phenoxy) is 1. The van der Waals surface area contributed by atoms with Crippen molar-refractivity contribution < 1.29 is 14.6 Å². The van der Waals surface area contributed by atoms with Crippen molar-refractivity contribution in [1.82, 2.24) is 4.98 Å². The third kappa shape index (κ3) is 2.64. The molecule has 0 bridgehead atoms. The van der Waals surface area contributed by atoms with E-state index in [2.05, 4.69) is 9.72 Å². The molecule has 2 aromatic rings. The Hall–Kier alpha value is -1.78. The van der Waals surface area contributed by atoms with Gasteiger partial charge in [0.1, 0.15) is 11.3 Å². The molecule has 1 N–H and O–H groups in total. The number of carbonyl (C=O) groups is 1. The standard InChI is InChI=1S/C13H9Cl2NO3/c1-19-13(18)12-8(5-16-6-11(12)17)7-2-3-9(14)10(15)4-7/h2-6,17H,1H3. The van der Waals surface area contributed by atoms with Crippen molar-refractivity contribution in [1.29, 1.82) is 0 Å². The number of nitrogens with zero attached hydrogens (tertiary/aromatic N) is 1. The first-order valence-electron chi connectivity index (χ1n) is 5.25. The van der Waals surface area contributed by atoms with E-state index in [1.54, 1.807) is 18.2 Å². The van der Waals surface area contributed by atoms with Gasteiger partial charge in [0.25, 0.3) is 0 Å². The molecule has 1 aromatic heterocycles. The summed E-state index contributed by atoms with van der Waals surface area (Å²) in [7, 11) is 1.24. The SMILES string of the molecule is COC(=O)c1c(O)cncc1-c1ccc(Cl)c(Cl)c1. The van der Waals surface area contributed by atoms with Crippen LogP contribution in [0.25, 0.3) is 11.1 Å². The van der Waals surface area contributed by atoms with Gasteiger partial charge in [0.2, 0.25) is 0 Å². The largest absolute Gasteiger partial charge is 0.505 e. The maximum absolute atomic E-state index is 11.7. The van der Waals surface area contributed by atoms with Crippen LogP contribution >= 0.6 is 23.2 Å². The molecule has 0 spiro atoms. The smallest absolute Gasteiger partial charge is 0.342 e. The normalized spacial score (nSPS) is 10.3. The summed E-state index contributed by atoms with van der Waals surface area (Å²) in [6.07, 6.45) is 2.62. The van der Waals surface area contributed by atoms with Gasteiger partial charge in [-0.1, -0.05) is 29.3 Å². The van der Waals surface area contributed by atoms with E-state index < -0.39 is 5.97 Å². The van der Waals surface area contributed by atoms with E-state index in [1.807, 2.05) is 0 Å². The number of hydrogen-bond acceptors (Lipinski definition) is 4. The second kappa shape index (κ2) is 5.47.